The summed E-state index contributed by atoms with van der Waals surface area (Å²) in [6.07, 6.45) is 5.94. The number of fused-ring (bicyclic) bond motifs is 1. The zero-order chi connectivity index (χ0) is 14.5. The summed E-state index contributed by atoms with van der Waals surface area (Å²) in [7, 11) is 1.64. The van der Waals surface area contributed by atoms with Crippen molar-refractivity contribution in [3.63, 3.8) is 0 Å². The van der Waals surface area contributed by atoms with Gasteiger partial charge in [-0.3, -0.25) is 4.79 Å². The van der Waals surface area contributed by atoms with Crippen LogP contribution in [0.15, 0.2) is 24.4 Å². The lowest BCUT2D eigenvalue weighted by atomic mass is 9.90. The van der Waals surface area contributed by atoms with Crippen molar-refractivity contribution in [2.24, 2.45) is 5.92 Å². The number of rotatable bonds is 7. The Morgan fingerprint density at radius 1 is 1.35 bits per heavy atom. The first-order valence-electron chi connectivity index (χ1n) is 7.40. The number of hydrogen-bond acceptors (Lipinski definition) is 2. The minimum Gasteiger partial charge on any atom is -0.497 e. The number of carbonyl (C=O) groups is 1. The van der Waals surface area contributed by atoms with Crippen molar-refractivity contribution in [3.05, 3.63) is 30.0 Å². The van der Waals surface area contributed by atoms with Gasteiger partial charge in [0, 0.05) is 28.6 Å². The number of H-pyrrole nitrogens is 1. The zero-order valence-electron chi connectivity index (χ0n) is 12.5. The molecule has 108 valence electrons. The highest BCUT2D eigenvalue weighted by molar-refractivity contribution is 6.09. The fourth-order valence-electron chi connectivity index (χ4n) is 2.62. The van der Waals surface area contributed by atoms with Gasteiger partial charge in [-0.05, 0) is 31.0 Å². The molecule has 1 aromatic heterocycles. The molecule has 2 rings (SSSR count). The molecule has 1 atom stereocenters. The summed E-state index contributed by atoms with van der Waals surface area (Å²) in [5.41, 5.74) is 1.78. The lowest BCUT2D eigenvalue weighted by Crippen LogP contribution is -2.13. The Morgan fingerprint density at radius 2 is 2.15 bits per heavy atom. The molecule has 0 aliphatic heterocycles. The number of aromatic amines is 1. The lowest BCUT2D eigenvalue weighted by Gasteiger charge is -2.12. The average molecular weight is 273 g/mol. The largest absolute Gasteiger partial charge is 0.497 e. The van der Waals surface area contributed by atoms with Gasteiger partial charge in [0.05, 0.1) is 7.11 Å². The van der Waals surface area contributed by atoms with Crippen LogP contribution in [0.3, 0.4) is 0 Å². The Labute approximate surface area is 120 Å². The average Bonchev–Trinajstić information content (AvgIpc) is 2.90. The van der Waals surface area contributed by atoms with E-state index in [2.05, 4.69) is 18.8 Å². The van der Waals surface area contributed by atoms with Gasteiger partial charge in [-0.1, -0.05) is 26.7 Å². The van der Waals surface area contributed by atoms with Crippen LogP contribution in [0.5, 0.6) is 5.75 Å². The molecule has 1 aromatic carbocycles. The third-order valence-corrected chi connectivity index (χ3v) is 3.92. The van der Waals surface area contributed by atoms with Crippen molar-refractivity contribution >= 4 is 16.7 Å². The molecule has 0 fully saturated rings. The number of ether oxygens (including phenoxy) is 1. The summed E-state index contributed by atoms with van der Waals surface area (Å²) in [5, 5.41) is 0.962. The Kier molecular flexibility index (Phi) is 4.83. The molecule has 1 heterocycles. The number of benzene rings is 1. The van der Waals surface area contributed by atoms with E-state index < -0.39 is 0 Å². The number of nitrogens with one attached hydrogen (secondary N) is 1. The molecule has 0 spiro atoms. The van der Waals surface area contributed by atoms with Gasteiger partial charge in [0.15, 0.2) is 5.78 Å². The molecule has 0 radical (unpaired) electrons. The highest BCUT2D eigenvalue weighted by atomic mass is 16.5. The van der Waals surface area contributed by atoms with Crippen LogP contribution < -0.4 is 4.74 Å². The van der Waals surface area contributed by atoms with E-state index >= 15 is 0 Å². The van der Waals surface area contributed by atoms with Gasteiger partial charge in [0.1, 0.15) is 5.75 Å². The summed E-state index contributed by atoms with van der Waals surface area (Å²) in [6.45, 7) is 4.25. The number of hydrogen-bond donors (Lipinski definition) is 1. The molecule has 3 nitrogen and oxygen atoms in total. The van der Waals surface area contributed by atoms with Gasteiger partial charge in [0.25, 0.3) is 0 Å². The first kappa shape index (κ1) is 14.6. The number of Topliss-reactive ketones (excluding diaryl/α,β-unsaturated/α-hetero) is 1. The molecule has 2 aromatic rings. The van der Waals surface area contributed by atoms with Crippen molar-refractivity contribution in [1.29, 1.82) is 0 Å². The predicted molar refractivity (Wildman–Crippen MR) is 82.5 cm³/mol. The molecule has 0 saturated carbocycles. The van der Waals surface area contributed by atoms with E-state index in [1.807, 2.05) is 24.4 Å². The fourth-order valence-corrected chi connectivity index (χ4v) is 2.62. The van der Waals surface area contributed by atoms with Crippen molar-refractivity contribution in [3.8, 4) is 5.75 Å². The standard InChI is InChI=1S/C17H23NO2/c1-4-6-7-12(5-2)17(19)15-11-18-16-9-8-13(20-3)10-14(15)16/h8-12,18H,4-7H2,1-3H3. The van der Waals surface area contributed by atoms with E-state index in [1.54, 1.807) is 7.11 Å². The first-order valence-corrected chi connectivity index (χ1v) is 7.40. The van der Waals surface area contributed by atoms with Crippen molar-refractivity contribution in [2.45, 2.75) is 39.5 Å². The monoisotopic (exact) mass is 273 g/mol. The Bertz CT molecular complexity index is 586. The number of methoxy groups -OCH3 is 1. The number of aromatic nitrogens is 1. The third-order valence-electron chi connectivity index (χ3n) is 3.92. The second-order valence-electron chi connectivity index (χ2n) is 5.23. The van der Waals surface area contributed by atoms with Crippen LogP contribution in [0.25, 0.3) is 10.9 Å². The molecular weight excluding hydrogens is 250 g/mol. The maximum absolute atomic E-state index is 12.7. The topological polar surface area (TPSA) is 42.1 Å². The summed E-state index contributed by atoms with van der Waals surface area (Å²) in [4.78, 5) is 15.9. The van der Waals surface area contributed by atoms with Crippen molar-refractivity contribution in [1.82, 2.24) is 4.98 Å². The van der Waals surface area contributed by atoms with Crippen LogP contribution in [-0.4, -0.2) is 17.9 Å². The van der Waals surface area contributed by atoms with E-state index in [0.717, 1.165) is 47.9 Å². The number of ketones is 1. The summed E-state index contributed by atoms with van der Waals surface area (Å²) < 4.78 is 5.25. The lowest BCUT2D eigenvalue weighted by molar-refractivity contribution is 0.0910. The highest BCUT2D eigenvalue weighted by Gasteiger charge is 2.20. The maximum Gasteiger partial charge on any atom is 0.168 e. The SMILES string of the molecule is CCCCC(CC)C(=O)c1c[nH]c2ccc(OC)cc12. The smallest absolute Gasteiger partial charge is 0.168 e. The van der Waals surface area contributed by atoms with Gasteiger partial charge >= 0.3 is 0 Å². The minimum atomic E-state index is 0.125. The molecule has 3 heteroatoms. The van der Waals surface area contributed by atoms with E-state index in [1.165, 1.54) is 0 Å². The third kappa shape index (κ3) is 2.87. The van der Waals surface area contributed by atoms with Crippen LogP contribution >= 0.6 is 0 Å². The zero-order valence-corrected chi connectivity index (χ0v) is 12.5. The quantitative estimate of drug-likeness (QED) is 0.750. The van der Waals surface area contributed by atoms with E-state index in [4.69, 9.17) is 4.74 Å². The van der Waals surface area contributed by atoms with E-state index in [-0.39, 0.29) is 11.7 Å². The molecule has 0 amide bonds. The van der Waals surface area contributed by atoms with Gasteiger partial charge in [-0.25, -0.2) is 0 Å². The van der Waals surface area contributed by atoms with E-state index in [0.29, 0.717) is 0 Å². The van der Waals surface area contributed by atoms with Crippen LogP contribution in [0.4, 0.5) is 0 Å². The summed E-state index contributed by atoms with van der Waals surface area (Å²) >= 11 is 0. The van der Waals surface area contributed by atoms with Gasteiger partial charge in [-0.2, -0.15) is 0 Å². The Hall–Kier alpha value is -1.77. The minimum absolute atomic E-state index is 0.125. The van der Waals surface area contributed by atoms with Gasteiger partial charge in [0.2, 0.25) is 0 Å². The molecule has 20 heavy (non-hydrogen) atoms. The number of unbranched alkanes of at least 4 members (excludes halogenated alkanes) is 1. The van der Waals surface area contributed by atoms with Gasteiger partial charge < -0.3 is 9.72 Å². The molecule has 1 unspecified atom stereocenters. The predicted octanol–water partition coefficient (Wildman–Crippen LogP) is 4.58. The molecule has 0 aliphatic carbocycles. The van der Waals surface area contributed by atoms with Crippen LogP contribution in [0.1, 0.15) is 49.9 Å². The maximum atomic E-state index is 12.7. The Morgan fingerprint density at radius 3 is 2.80 bits per heavy atom. The van der Waals surface area contributed by atoms with Crippen LogP contribution in [0, 0.1) is 5.92 Å². The summed E-state index contributed by atoms with van der Waals surface area (Å²) in [6, 6.07) is 5.80. The Balaban J connectivity index is 2.33. The fraction of sp³-hybridized carbons (Fsp3) is 0.471. The molecule has 1 N–H and O–H groups in total. The van der Waals surface area contributed by atoms with Crippen LogP contribution in [0.2, 0.25) is 0 Å². The van der Waals surface area contributed by atoms with E-state index in [9.17, 15) is 4.79 Å². The highest BCUT2D eigenvalue weighted by Crippen LogP contribution is 2.27. The molecular formula is C17H23NO2. The van der Waals surface area contributed by atoms with Gasteiger partial charge in [-0.15, -0.1) is 0 Å². The molecule has 0 saturated heterocycles. The van der Waals surface area contributed by atoms with Crippen molar-refractivity contribution in [2.75, 3.05) is 7.11 Å². The number of carbonyl (C=O) groups excluding carboxylic acids is 1. The normalized spacial score (nSPS) is 12.6. The summed E-state index contributed by atoms with van der Waals surface area (Å²) in [5.74, 6) is 1.16. The second kappa shape index (κ2) is 6.60. The second-order valence-corrected chi connectivity index (χ2v) is 5.23. The van der Waals surface area contributed by atoms with Crippen LogP contribution in [-0.2, 0) is 0 Å². The first-order chi connectivity index (χ1) is 9.71. The van der Waals surface area contributed by atoms with Crippen molar-refractivity contribution < 1.29 is 9.53 Å². The molecule has 0 aliphatic rings. The molecule has 0 bridgehead atoms.